The van der Waals surface area contributed by atoms with Crippen molar-refractivity contribution in [2.75, 3.05) is 18.1 Å². The van der Waals surface area contributed by atoms with Gasteiger partial charge in [0.25, 0.3) is 0 Å². The number of amides is 1. The predicted octanol–water partition coefficient (Wildman–Crippen LogP) is 1.83. The number of nitrogens with two attached hydrogens (primary N) is 1. The Morgan fingerprint density at radius 1 is 1.47 bits per heavy atom. The molecule has 0 spiro atoms. The Morgan fingerprint density at radius 2 is 2.16 bits per heavy atom. The van der Waals surface area contributed by atoms with Crippen LogP contribution in [0.25, 0.3) is 0 Å². The van der Waals surface area contributed by atoms with Gasteiger partial charge in [-0.1, -0.05) is 36.5 Å². The minimum Gasteiger partial charge on any atom is -0.389 e. The zero-order valence-electron chi connectivity index (χ0n) is 11.0. The maximum absolute atomic E-state index is 12.3. The first-order valence-electron chi connectivity index (χ1n) is 6.34. The average molecular weight is 294 g/mol. The van der Waals surface area contributed by atoms with Crippen molar-refractivity contribution < 1.29 is 4.79 Å². The number of benzene rings is 1. The monoisotopic (exact) mass is 294 g/mol. The predicted molar refractivity (Wildman–Crippen MR) is 84.5 cm³/mol. The molecule has 1 aliphatic rings. The molecule has 1 aliphatic heterocycles. The second-order valence-electron chi connectivity index (χ2n) is 4.75. The van der Waals surface area contributed by atoms with Crippen LogP contribution in [-0.2, 0) is 11.2 Å². The number of hydrogen-bond acceptors (Lipinski definition) is 3. The molecule has 2 rings (SSSR count). The maximum atomic E-state index is 12.3. The van der Waals surface area contributed by atoms with Crippen molar-refractivity contribution in [1.29, 1.82) is 0 Å². The molecule has 2 N–H and O–H groups in total. The summed E-state index contributed by atoms with van der Waals surface area (Å²) in [7, 11) is 0. The lowest BCUT2D eigenvalue weighted by Gasteiger charge is -2.33. The molecule has 1 saturated heterocycles. The Balaban J connectivity index is 2.00. The summed E-state index contributed by atoms with van der Waals surface area (Å²) in [5, 5.41) is 0. The summed E-state index contributed by atoms with van der Waals surface area (Å²) < 4.78 is 0. The van der Waals surface area contributed by atoms with Crippen LogP contribution in [0.3, 0.4) is 0 Å². The Hall–Kier alpha value is -1.07. The number of hydrogen-bond donors (Lipinski definition) is 1. The summed E-state index contributed by atoms with van der Waals surface area (Å²) in [6, 6.07) is 7.94. The fourth-order valence-electron chi connectivity index (χ4n) is 2.16. The van der Waals surface area contributed by atoms with Gasteiger partial charge in [0.2, 0.25) is 5.91 Å². The van der Waals surface area contributed by atoms with Crippen LogP contribution in [-0.4, -0.2) is 39.9 Å². The van der Waals surface area contributed by atoms with Crippen molar-refractivity contribution in [3.8, 4) is 0 Å². The molecular weight excluding hydrogens is 276 g/mol. The van der Waals surface area contributed by atoms with E-state index >= 15 is 0 Å². The zero-order chi connectivity index (χ0) is 13.8. The highest BCUT2D eigenvalue weighted by atomic mass is 32.2. The molecule has 3 nitrogen and oxygen atoms in total. The molecule has 0 saturated carbocycles. The average Bonchev–Trinajstić information content (AvgIpc) is 2.39. The van der Waals surface area contributed by atoms with Gasteiger partial charge in [0.15, 0.2) is 0 Å². The fraction of sp³-hybridized carbons (Fsp3) is 0.429. The van der Waals surface area contributed by atoms with Crippen LogP contribution in [0.15, 0.2) is 24.3 Å². The van der Waals surface area contributed by atoms with E-state index in [4.69, 9.17) is 18.0 Å². The smallest absolute Gasteiger partial charge is 0.227 e. The fourth-order valence-corrected chi connectivity index (χ4v) is 3.31. The van der Waals surface area contributed by atoms with Gasteiger partial charge in [0, 0.05) is 29.7 Å². The molecule has 1 aromatic rings. The molecule has 5 heteroatoms. The Kier molecular flexibility index (Phi) is 4.82. The van der Waals surface area contributed by atoms with Crippen molar-refractivity contribution in [2.45, 2.75) is 19.4 Å². The third-order valence-corrected chi connectivity index (χ3v) is 4.71. The number of rotatable bonds is 3. The zero-order valence-corrected chi connectivity index (χ0v) is 12.6. The highest BCUT2D eigenvalue weighted by Gasteiger charge is 2.23. The second kappa shape index (κ2) is 6.39. The Bertz CT molecular complexity index is 473. The van der Waals surface area contributed by atoms with E-state index in [1.165, 1.54) is 0 Å². The van der Waals surface area contributed by atoms with Gasteiger partial charge in [-0.2, -0.15) is 11.8 Å². The largest absolute Gasteiger partial charge is 0.389 e. The highest BCUT2D eigenvalue weighted by Crippen LogP contribution is 2.17. The van der Waals surface area contributed by atoms with Crippen LogP contribution in [0.2, 0.25) is 0 Å². The summed E-state index contributed by atoms with van der Waals surface area (Å²) in [6.07, 6.45) is 0.451. The van der Waals surface area contributed by atoms with Gasteiger partial charge in [0.05, 0.1) is 6.42 Å². The summed E-state index contributed by atoms with van der Waals surface area (Å²) in [5.41, 5.74) is 7.41. The summed E-state index contributed by atoms with van der Waals surface area (Å²) in [6.45, 7) is 2.97. The van der Waals surface area contributed by atoms with Crippen LogP contribution >= 0.6 is 24.0 Å². The molecule has 0 aromatic heterocycles. The van der Waals surface area contributed by atoms with Gasteiger partial charge >= 0.3 is 0 Å². The first-order valence-corrected chi connectivity index (χ1v) is 7.90. The minimum atomic E-state index is 0.205. The minimum absolute atomic E-state index is 0.205. The number of carbonyl (C=O) groups is 1. The molecule has 1 heterocycles. The van der Waals surface area contributed by atoms with Gasteiger partial charge in [-0.25, -0.2) is 0 Å². The van der Waals surface area contributed by atoms with E-state index < -0.39 is 0 Å². The van der Waals surface area contributed by atoms with Gasteiger partial charge < -0.3 is 10.6 Å². The number of thioether (sulfide) groups is 1. The lowest BCUT2D eigenvalue weighted by Crippen LogP contribution is -2.45. The van der Waals surface area contributed by atoms with Crippen molar-refractivity contribution in [2.24, 2.45) is 5.73 Å². The van der Waals surface area contributed by atoms with Crippen molar-refractivity contribution >= 4 is 34.9 Å². The van der Waals surface area contributed by atoms with E-state index in [1.54, 1.807) is 0 Å². The molecule has 1 amide bonds. The van der Waals surface area contributed by atoms with Crippen LogP contribution in [0.4, 0.5) is 0 Å². The van der Waals surface area contributed by atoms with Crippen LogP contribution < -0.4 is 5.73 Å². The third-order valence-electron chi connectivity index (χ3n) is 3.28. The van der Waals surface area contributed by atoms with Crippen molar-refractivity contribution in [3.05, 3.63) is 35.4 Å². The van der Waals surface area contributed by atoms with Crippen molar-refractivity contribution in [3.63, 3.8) is 0 Å². The molecule has 1 unspecified atom stereocenters. The number of nitrogens with zero attached hydrogens (tertiary/aromatic N) is 1. The van der Waals surface area contributed by atoms with E-state index in [1.807, 2.05) is 40.9 Å². The molecule has 0 bridgehead atoms. The quantitative estimate of drug-likeness (QED) is 0.864. The normalized spacial score (nSPS) is 19.2. The summed E-state index contributed by atoms with van der Waals surface area (Å²) in [4.78, 5) is 14.6. The Labute approximate surface area is 123 Å². The van der Waals surface area contributed by atoms with Crippen molar-refractivity contribution in [1.82, 2.24) is 4.90 Å². The van der Waals surface area contributed by atoms with E-state index in [-0.39, 0.29) is 5.91 Å². The molecule has 102 valence electrons. The first kappa shape index (κ1) is 14.3. The maximum Gasteiger partial charge on any atom is 0.227 e. The molecule has 1 atom stereocenters. The molecule has 1 aromatic carbocycles. The molecule has 0 aliphatic carbocycles. The van der Waals surface area contributed by atoms with Gasteiger partial charge in [-0.05, 0) is 12.5 Å². The lowest BCUT2D eigenvalue weighted by atomic mass is 10.1. The van der Waals surface area contributed by atoms with Gasteiger partial charge in [0.1, 0.15) is 4.99 Å². The topological polar surface area (TPSA) is 46.3 Å². The summed E-state index contributed by atoms with van der Waals surface area (Å²) >= 11 is 6.82. The van der Waals surface area contributed by atoms with E-state index in [0.717, 1.165) is 29.2 Å². The van der Waals surface area contributed by atoms with Gasteiger partial charge in [-0.3, -0.25) is 4.79 Å². The van der Waals surface area contributed by atoms with Crippen LogP contribution in [0.5, 0.6) is 0 Å². The highest BCUT2D eigenvalue weighted by molar-refractivity contribution is 7.99. The van der Waals surface area contributed by atoms with Crippen LogP contribution in [0.1, 0.15) is 18.1 Å². The third kappa shape index (κ3) is 3.70. The van der Waals surface area contributed by atoms with E-state index in [2.05, 4.69) is 6.92 Å². The molecular formula is C14H18N2OS2. The molecule has 0 radical (unpaired) electrons. The van der Waals surface area contributed by atoms with E-state index in [9.17, 15) is 4.79 Å². The van der Waals surface area contributed by atoms with Crippen LogP contribution in [0, 0.1) is 0 Å². The standard InChI is InChI=1S/C14H18N2OS2/c1-10-9-19-7-6-16(10)13(17)8-11-2-4-12(5-3-11)14(15)18/h2-5,10H,6-9H2,1H3,(H2,15,18). The lowest BCUT2D eigenvalue weighted by molar-refractivity contribution is -0.131. The first-order chi connectivity index (χ1) is 9.08. The molecule has 1 fully saturated rings. The SMILES string of the molecule is CC1CSCCN1C(=O)Cc1ccc(C(N)=S)cc1. The van der Waals surface area contributed by atoms with Gasteiger partial charge in [-0.15, -0.1) is 0 Å². The summed E-state index contributed by atoms with van der Waals surface area (Å²) in [5.74, 6) is 2.28. The number of carbonyl (C=O) groups excluding carboxylic acids is 1. The Morgan fingerprint density at radius 3 is 2.74 bits per heavy atom. The number of thiocarbonyl (C=S) groups is 1. The van der Waals surface area contributed by atoms with E-state index in [0.29, 0.717) is 17.5 Å². The molecule has 19 heavy (non-hydrogen) atoms. The second-order valence-corrected chi connectivity index (χ2v) is 6.34.